The van der Waals surface area contributed by atoms with Gasteiger partial charge in [0.25, 0.3) is 0 Å². The Bertz CT molecular complexity index is 525. The van der Waals surface area contributed by atoms with Crippen LogP contribution in [0, 0.1) is 19.8 Å². The summed E-state index contributed by atoms with van der Waals surface area (Å²) >= 11 is 1.63. The number of hydrogen-bond donors (Lipinski definition) is 2. The van der Waals surface area contributed by atoms with Gasteiger partial charge in [-0.05, 0) is 58.2 Å². The van der Waals surface area contributed by atoms with E-state index in [4.69, 9.17) is 0 Å². The fourth-order valence-electron chi connectivity index (χ4n) is 2.94. The minimum absolute atomic E-state index is 0. The largest absolute Gasteiger partial charge is 0.356 e. The lowest BCUT2D eigenvalue weighted by atomic mass is 9.96. The van der Waals surface area contributed by atoms with Gasteiger partial charge in [0.15, 0.2) is 5.78 Å². The van der Waals surface area contributed by atoms with Crippen molar-refractivity contribution >= 4 is 35.4 Å². The zero-order chi connectivity index (χ0) is 15.9. The number of aryl methyl sites for hydroxylation is 2. The summed E-state index contributed by atoms with van der Waals surface area (Å²) in [6, 6.07) is 1.93. The molecule has 1 atom stereocenters. The van der Waals surface area contributed by atoms with Crippen molar-refractivity contribution in [1.29, 1.82) is 0 Å². The standard InChI is InChI=1S/C17H26N2O2S.ClH/c1-12-10-15(13(2)22-12)16(20)5-6-17(21)19-9-7-14-4-3-8-18-11-14;/h10,14,18H,3-9,11H2,1-2H3,(H,19,21);1H. The SMILES string of the molecule is Cc1cc(C(=O)CCC(=O)NCCC2CCCNC2)c(C)s1.Cl. The van der Waals surface area contributed by atoms with Crippen molar-refractivity contribution in [3.63, 3.8) is 0 Å². The molecule has 1 unspecified atom stereocenters. The van der Waals surface area contributed by atoms with E-state index in [-0.39, 0.29) is 30.5 Å². The summed E-state index contributed by atoms with van der Waals surface area (Å²) in [7, 11) is 0. The van der Waals surface area contributed by atoms with Crippen LogP contribution in [0.1, 0.15) is 52.2 Å². The van der Waals surface area contributed by atoms with Crippen molar-refractivity contribution in [1.82, 2.24) is 10.6 Å². The fourth-order valence-corrected chi connectivity index (χ4v) is 3.89. The van der Waals surface area contributed by atoms with Crippen LogP contribution >= 0.6 is 23.7 Å². The van der Waals surface area contributed by atoms with Gasteiger partial charge in [0, 0.05) is 34.7 Å². The molecule has 0 spiro atoms. The highest BCUT2D eigenvalue weighted by Gasteiger charge is 2.15. The van der Waals surface area contributed by atoms with E-state index in [2.05, 4.69) is 10.6 Å². The second kappa shape index (κ2) is 10.1. The lowest BCUT2D eigenvalue weighted by Gasteiger charge is -2.22. The molecular weight excluding hydrogens is 332 g/mol. The molecule has 0 radical (unpaired) electrons. The highest BCUT2D eigenvalue weighted by molar-refractivity contribution is 7.12. The van der Waals surface area contributed by atoms with Gasteiger partial charge in [-0.25, -0.2) is 0 Å². The van der Waals surface area contributed by atoms with Crippen LogP contribution in [0.25, 0.3) is 0 Å². The number of nitrogens with one attached hydrogen (secondary N) is 2. The van der Waals surface area contributed by atoms with E-state index in [1.807, 2.05) is 19.9 Å². The number of hydrogen-bond acceptors (Lipinski definition) is 4. The summed E-state index contributed by atoms with van der Waals surface area (Å²) in [6.07, 6.45) is 4.09. The number of ketones is 1. The van der Waals surface area contributed by atoms with E-state index >= 15 is 0 Å². The summed E-state index contributed by atoms with van der Waals surface area (Å²) in [6.45, 7) is 6.86. The maximum absolute atomic E-state index is 12.1. The Hall–Kier alpha value is -0.910. The first-order valence-corrected chi connectivity index (χ1v) is 8.95. The molecule has 1 amide bonds. The van der Waals surface area contributed by atoms with Crippen molar-refractivity contribution < 1.29 is 9.59 Å². The minimum Gasteiger partial charge on any atom is -0.356 e. The van der Waals surface area contributed by atoms with Gasteiger partial charge in [-0.1, -0.05) is 0 Å². The van der Waals surface area contributed by atoms with E-state index in [1.165, 1.54) is 12.8 Å². The summed E-state index contributed by atoms with van der Waals surface area (Å²) < 4.78 is 0. The first-order chi connectivity index (χ1) is 10.6. The molecule has 2 heterocycles. The predicted octanol–water partition coefficient (Wildman–Crippen LogP) is 3.26. The average molecular weight is 359 g/mol. The highest BCUT2D eigenvalue weighted by atomic mass is 35.5. The van der Waals surface area contributed by atoms with Crippen molar-refractivity contribution in [2.24, 2.45) is 5.92 Å². The van der Waals surface area contributed by atoms with Gasteiger partial charge in [0.1, 0.15) is 0 Å². The van der Waals surface area contributed by atoms with Crippen molar-refractivity contribution in [2.75, 3.05) is 19.6 Å². The lowest BCUT2D eigenvalue weighted by Crippen LogP contribution is -2.33. The molecule has 2 rings (SSSR count). The Morgan fingerprint density at radius 1 is 1.35 bits per heavy atom. The molecule has 0 saturated carbocycles. The number of rotatable bonds is 7. The molecule has 6 heteroatoms. The van der Waals surface area contributed by atoms with Crippen LogP contribution in [0.4, 0.5) is 0 Å². The van der Waals surface area contributed by atoms with E-state index in [0.717, 1.165) is 41.4 Å². The van der Waals surface area contributed by atoms with Crippen LogP contribution in [-0.2, 0) is 4.79 Å². The summed E-state index contributed by atoms with van der Waals surface area (Å²) in [5.74, 6) is 0.738. The second-order valence-corrected chi connectivity index (χ2v) is 7.56. The minimum atomic E-state index is -0.0123. The molecule has 0 aromatic carbocycles. The van der Waals surface area contributed by atoms with Gasteiger partial charge in [0.2, 0.25) is 5.91 Å². The van der Waals surface area contributed by atoms with Crippen LogP contribution in [0.15, 0.2) is 6.07 Å². The zero-order valence-corrected chi connectivity index (χ0v) is 15.6. The number of carbonyl (C=O) groups excluding carboxylic acids is 2. The van der Waals surface area contributed by atoms with Crippen LogP contribution in [0.2, 0.25) is 0 Å². The first-order valence-electron chi connectivity index (χ1n) is 8.14. The molecule has 1 aromatic heterocycles. The van der Waals surface area contributed by atoms with Gasteiger partial charge in [-0.15, -0.1) is 23.7 Å². The molecule has 1 aliphatic heterocycles. The Morgan fingerprint density at radius 2 is 2.13 bits per heavy atom. The molecule has 23 heavy (non-hydrogen) atoms. The first kappa shape index (κ1) is 20.1. The molecule has 0 aliphatic carbocycles. The van der Waals surface area contributed by atoms with Crippen LogP contribution < -0.4 is 10.6 Å². The van der Waals surface area contributed by atoms with Crippen molar-refractivity contribution in [3.05, 3.63) is 21.4 Å². The van der Waals surface area contributed by atoms with Crippen LogP contribution in [-0.4, -0.2) is 31.3 Å². The summed E-state index contributed by atoms with van der Waals surface area (Å²) in [5.41, 5.74) is 0.781. The van der Waals surface area contributed by atoms with Gasteiger partial charge >= 0.3 is 0 Å². The molecular formula is C17H27ClN2O2S. The number of Topliss-reactive ketones (excluding diaryl/α,β-unsaturated/α-hetero) is 1. The Kier molecular flexibility index (Phi) is 8.81. The monoisotopic (exact) mass is 358 g/mol. The molecule has 2 N–H and O–H groups in total. The van der Waals surface area contributed by atoms with Gasteiger partial charge in [-0.2, -0.15) is 0 Å². The quantitative estimate of drug-likeness (QED) is 0.735. The predicted molar refractivity (Wildman–Crippen MR) is 97.8 cm³/mol. The Morgan fingerprint density at radius 3 is 2.74 bits per heavy atom. The number of thiophene rings is 1. The smallest absolute Gasteiger partial charge is 0.220 e. The number of halogens is 1. The molecule has 130 valence electrons. The molecule has 1 aliphatic rings. The zero-order valence-electron chi connectivity index (χ0n) is 13.9. The number of carbonyl (C=O) groups is 2. The lowest BCUT2D eigenvalue weighted by molar-refractivity contribution is -0.121. The normalized spacial score (nSPS) is 17.4. The van der Waals surface area contributed by atoms with E-state index in [0.29, 0.717) is 12.3 Å². The van der Waals surface area contributed by atoms with Gasteiger partial charge in [-0.3, -0.25) is 9.59 Å². The highest BCUT2D eigenvalue weighted by Crippen LogP contribution is 2.22. The van der Waals surface area contributed by atoms with Crippen LogP contribution in [0.3, 0.4) is 0 Å². The number of amides is 1. The Labute approximate surface area is 148 Å². The van der Waals surface area contributed by atoms with E-state index < -0.39 is 0 Å². The molecule has 1 saturated heterocycles. The van der Waals surface area contributed by atoms with Gasteiger partial charge < -0.3 is 10.6 Å². The van der Waals surface area contributed by atoms with E-state index in [1.54, 1.807) is 11.3 Å². The van der Waals surface area contributed by atoms with Crippen molar-refractivity contribution in [2.45, 2.75) is 46.0 Å². The fraction of sp³-hybridized carbons (Fsp3) is 0.647. The van der Waals surface area contributed by atoms with E-state index in [9.17, 15) is 9.59 Å². The molecule has 0 bridgehead atoms. The van der Waals surface area contributed by atoms with Crippen LogP contribution in [0.5, 0.6) is 0 Å². The average Bonchev–Trinajstić information content (AvgIpc) is 2.84. The third-order valence-corrected chi connectivity index (χ3v) is 5.16. The third kappa shape index (κ3) is 6.61. The van der Waals surface area contributed by atoms with Crippen molar-refractivity contribution in [3.8, 4) is 0 Å². The molecule has 4 nitrogen and oxygen atoms in total. The molecule has 1 fully saturated rings. The summed E-state index contributed by atoms with van der Waals surface area (Å²) in [4.78, 5) is 26.2. The second-order valence-electron chi connectivity index (χ2n) is 6.10. The number of piperidine rings is 1. The summed E-state index contributed by atoms with van der Waals surface area (Å²) in [5, 5.41) is 6.32. The third-order valence-electron chi connectivity index (χ3n) is 4.19. The molecule has 1 aromatic rings. The topological polar surface area (TPSA) is 58.2 Å². The van der Waals surface area contributed by atoms with Gasteiger partial charge in [0.05, 0.1) is 0 Å². The maximum atomic E-state index is 12.1. The Balaban J connectivity index is 0.00000264. The maximum Gasteiger partial charge on any atom is 0.220 e.